The molecule has 0 spiro atoms. The van der Waals surface area contributed by atoms with E-state index < -0.39 is 12.1 Å². The predicted molar refractivity (Wildman–Crippen MR) is 74.5 cm³/mol. The number of anilines is 1. The number of ether oxygens (including phenoxy) is 2. The second-order valence-corrected chi connectivity index (χ2v) is 4.98. The largest absolute Gasteiger partial charge is 0.454 e. The average molecular weight is 277 g/mol. The van der Waals surface area contributed by atoms with Crippen LogP contribution in [0, 0.1) is 13.8 Å². The van der Waals surface area contributed by atoms with Crippen LogP contribution in [0.15, 0.2) is 18.2 Å². The van der Waals surface area contributed by atoms with Crippen molar-refractivity contribution < 1.29 is 19.1 Å². The summed E-state index contributed by atoms with van der Waals surface area (Å²) in [4.78, 5) is 23.3. The Morgan fingerprint density at radius 3 is 2.85 bits per heavy atom. The van der Waals surface area contributed by atoms with Crippen molar-refractivity contribution in [3.8, 4) is 0 Å². The van der Waals surface area contributed by atoms with Crippen molar-refractivity contribution in [1.29, 1.82) is 0 Å². The topological polar surface area (TPSA) is 64.6 Å². The first-order chi connectivity index (χ1) is 9.56. The van der Waals surface area contributed by atoms with Crippen molar-refractivity contribution in [2.24, 2.45) is 0 Å². The van der Waals surface area contributed by atoms with Gasteiger partial charge in [0, 0.05) is 12.3 Å². The summed E-state index contributed by atoms with van der Waals surface area (Å²) in [5.41, 5.74) is 2.84. The second-order valence-electron chi connectivity index (χ2n) is 4.98. The van der Waals surface area contributed by atoms with E-state index in [1.807, 2.05) is 32.0 Å². The monoisotopic (exact) mass is 277 g/mol. The summed E-state index contributed by atoms with van der Waals surface area (Å²) < 4.78 is 10.1. The molecule has 1 atom stereocenters. The molecule has 1 fully saturated rings. The van der Waals surface area contributed by atoms with Crippen LogP contribution in [0.1, 0.15) is 24.0 Å². The Labute approximate surface area is 118 Å². The highest BCUT2D eigenvalue weighted by Crippen LogP contribution is 2.16. The average Bonchev–Trinajstić information content (AvgIpc) is 2.93. The Hall–Kier alpha value is -1.88. The van der Waals surface area contributed by atoms with Gasteiger partial charge in [-0.3, -0.25) is 4.79 Å². The van der Waals surface area contributed by atoms with Gasteiger partial charge in [0.25, 0.3) is 5.91 Å². The molecule has 0 unspecified atom stereocenters. The first-order valence-electron chi connectivity index (χ1n) is 6.71. The third-order valence-electron chi connectivity index (χ3n) is 3.19. The maximum Gasteiger partial charge on any atom is 0.335 e. The second kappa shape index (κ2) is 6.52. The smallest absolute Gasteiger partial charge is 0.335 e. The first-order valence-corrected chi connectivity index (χ1v) is 6.71. The summed E-state index contributed by atoms with van der Waals surface area (Å²) in [6.45, 7) is 4.20. The Balaban J connectivity index is 1.81. The minimum Gasteiger partial charge on any atom is -0.454 e. The zero-order valence-corrected chi connectivity index (χ0v) is 11.8. The molecule has 1 N–H and O–H groups in total. The van der Waals surface area contributed by atoms with Crippen LogP contribution in [0.25, 0.3) is 0 Å². The summed E-state index contributed by atoms with van der Waals surface area (Å²) in [6, 6.07) is 5.74. The number of esters is 1. The van der Waals surface area contributed by atoms with Crippen molar-refractivity contribution in [2.45, 2.75) is 32.8 Å². The molecule has 108 valence electrons. The number of benzene rings is 1. The van der Waals surface area contributed by atoms with E-state index in [9.17, 15) is 9.59 Å². The van der Waals surface area contributed by atoms with Crippen molar-refractivity contribution in [2.75, 3.05) is 18.5 Å². The van der Waals surface area contributed by atoms with E-state index >= 15 is 0 Å². The molecule has 1 aromatic rings. The molecule has 1 aromatic carbocycles. The fourth-order valence-electron chi connectivity index (χ4n) is 2.13. The lowest BCUT2D eigenvalue weighted by atomic mass is 10.1. The molecule has 20 heavy (non-hydrogen) atoms. The Morgan fingerprint density at radius 1 is 1.40 bits per heavy atom. The van der Waals surface area contributed by atoms with Gasteiger partial charge in [-0.1, -0.05) is 17.7 Å². The lowest BCUT2D eigenvalue weighted by Crippen LogP contribution is -2.27. The van der Waals surface area contributed by atoms with E-state index in [1.165, 1.54) is 0 Å². The van der Waals surface area contributed by atoms with Gasteiger partial charge in [-0.15, -0.1) is 0 Å². The normalized spacial score (nSPS) is 17.8. The van der Waals surface area contributed by atoms with E-state index in [0.29, 0.717) is 13.0 Å². The molecular weight excluding hydrogens is 258 g/mol. The van der Waals surface area contributed by atoms with Crippen molar-refractivity contribution in [3.63, 3.8) is 0 Å². The summed E-state index contributed by atoms with van der Waals surface area (Å²) >= 11 is 0. The van der Waals surface area contributed by atoms with Crippen molar-refractivity contribution in [3.05, 3.63) is 29.3 Å². The maximum atomic E-state index is 11.7. The SMILES string of the molecule is Cc1ccc(NC(=O)COC(=O)[C@@H]2CCCO2)c(C)c1. The highest BCUT2D eigenvalue weighted by Gasteiger charge is 2.25. The fraction of sp³-hybridized carbons (Fsp3) is 0.467. The van der Waals surface area contributed by atoms with Crippen LogP contribution < -0.4 is 5.32 Å². The molecule has 1 aliphatic rings. The summed E-state index contributed by atoms with van der Waals surface area (Å²) in [7, 11) is 0. The number of amides is 1. The maximum absolute atomic E-state index is 11.7. The van der Waals surface area contributed by atoms with Gasteiger partial charge in [-0.2, -0.15) is 0 Å². The van der Waals surface area contributed by atoms with Gasteiger partial charge >= 0.3 is 5.97 Å². The van der Waals surface area contributed by atoms with Gasteiger partial charge in [-0.25, -0.2) is 4.79 Å². The lowest BCUT2D eigenvalue weighted by molar-refractivity contribution is -0.156. The number of hydrogen-bond acceptors (Lipinski definition) is 4. The zero-order chi connectivity index (χ0) is 14.5. The van der Waals surface area contributed by atoms with E-state index in [-0.39, 0.29) is 12.5 Å². The van der Waals surface area contributed by atoms with Crippen LogP contribution in [-0.2, 0) is 19.1 Å². The molecule has 1 heterocycles. The molecule has 5 heteroatoms. The minimum absolute atomic E-state index is 0.286. The molecule has 0 aromatic heterocycles. The molecule has 1 amide bonds. The molecule has 5 nitrogen and oxygen atoms in total. The highest BCUT2D eigenvalue weighted by molar-refractivity contribution is 5.93. The number of rotatable bonds is 4. The number of nitrogens with one attached hydrogen (secondary N) is 1. The Kier molecular flexibility index (Phi) is 4.74. The van der Waals surface area contributed by atoms with Gasteiger partial charge in [0.2, 0.25) is 0 Å². The molecule has 0 saturated carbocycles. The van der Waals surface area contributed by atoms with Crippen LogP contribution >= 0.6 is 0 Å². The van der Waals surface area contributed by atoms with Crippen LogP contribution in [0.3, 0.4) is 0 Å². The van der Waals surface area contributed by atoms with Crippen LogP contribution in [0.5, 0.6) is 0 Å². The number of carbonyl (C=O) groups excluding carboxylic acids is 2. The lowest BCUT2D eigenvalue weighted by Gasteiger charge is -2.11. The van der Waals surface area contributed by atoms with Gasteiger partial charge in [0.05, 0.1) is 0 Å². The Morgan fingerprint density at radius 2 is 2.20 bits per heavy atom. The van der Waals surface area contributed by atoms with Gasteiger partial charge in [0.15, 0.2) is 12.7 Å². The van der Waals surface area contributed by atoms with Crippen LogP contribution in [0.2, 0.25) is 0 Å². The van der Waals surface area contributed by atoms with E-state index in [2.05, 4.69) is 5.32 Å². The molecule has 0 radical (unpaired) electrons. The molecule has 2 rings (SSSR count). The molecule has 0 aliphatic carbocycles. The van der Waals surface area contributed by atoms with E-state index in [0.717, 1.165) is 23.2 Å². The molecule has 1 aliphatic heterocycles. The van der Waals surface area contributed by atoms with Gasteiger partial charge < -0.3 is 14.8 Å². The third kappa shape index (κ3) is 3.81. The summed E-state index contributed by atoms with van der Waals surface area (Å²) in [5.74, 6) is -0.804. The number of hydrogen-bond donors (Lipinski definition) is 1. The quantitative estimate of drug-likeness (QED) is 0.854. The standard InChI is InChI=1S/C15H19NO4/c1-10-5-6-12(11(2)8-10)16-14(17)9-20-15(18)13-4-3-7-19-13/h5-6,8,13H,3-4,7,9H2,1-2H3,(H,16,17)/t13-/m0/s1. The fourth-order valence-corrected chi connectivity index (χ4v) is 2.13. The van der Waals surface area contributed by atoms with E-state index in [4.69, 9.17) is 9.47 Å². The zero-order valence-electron chi connectivity index (χ0n) is 11.8. The van der Waals surface area contributed by atoms with Crippen molar-refractivity contribution in [1.82, 2.24) is 0 Å². The van der Waals surface area contributed by atoms with Gasteiger partial charge in [-0.05, 0) is 38.3 Å². The number of aryl methyl sites for hydroxylation is 2. The molecular formula is C15H19NO4. The molecule has 1 saturated heterocycles. The minimum atomic E-state index is -0.510. The third-order valence-corrected chi connectivity index (χ3v) is 3.19. The highest BCUT2D eigenvalue weighted by atomic mass is 16.6. The predicted octanol–water partition coefficient (Wildman–Crippen LogP) is 1.96. The van der Waals surface area contributed by atoms with Crippen molar-refractivity contribution >= 4 is 17.6 Å². The Bertz CT molecular complexity index is 507. The summed E-state index contributed by atoms with van der Waals surface area (Å²) in [6.07, 6.45) is 1.01. The first kappa shape index (κ1) is 14.5. The van der Waals surface area contributed by atoms with E-state index in [1.54, 1.807) is 0 Å². The summed E-state index contributed by atoms with van der Waals surface area (Å²) in [5, 5.41) is 2.73. The van der Waals surface area contributed by atoms with Crippen LogP contribution in [0.4, 0.5) is 5.69 Å². The number of carbonyl (C=O) groups is 2. The van der Waals surface area contributed by atoms with Crippen LogP contribution in [-0.4, -0.2) is 31.2 Å². The van der Waals surface area contributed by atoms with Gasteiger partial charge in [0.1, 0.15) is 0 Å². The molecule has 0 bridgehead atoms.